The van der Waals surface area contributed by atoms with Gasteiger partial charge in [-0.1, -0.05) is 43.0 Å². The van der Waals surface area contributed by atoms with Crippen LogP contribution in [0, 0.1) is 0 Å². The van der Waals surface area contributed by atoms with Gasteiger partial charge in [0.1, 0.15) is 6.61 Å². The number of benzene rings is 1. The predicted molar refractivity (Wildman–Crippen MR) is 52.8 cm³/mol. The van der Waals surface area contributed by atoms with Gasteiger partial charge in [-0.25, -0.2) is 0 Å². The average molecular weight is 379 g/mol. The zero-order valence-corrected chi connectivity index (χ0v) is 10.2. The second kappa shape index (κ2) is 6.64. The summed E-state index contributed by atoms with van der Waals surface area (Å²) in [6.07, 6.45) is 0. The molecule has 0 spiro atoms. The fraction of sp³-hybridized carbons (Fsp3) is 0.125. The molecule has 0 N–H and O–H groups in total. The van der Waals surface area contributed by atoms with E-state index in [9.17, 15) is 0 Å². The van der Waals surface area contributed by atoms with Gasteiger partial charge in [0, 0.05) is 21.1 Å². The number of ether oxygens (including phenoxy) is 1. The minimum Gasteiger partial charge on any atom is -0.474 e. The van der Waals surface area contributed by atoms with Crippen LogP contribution >= 0.6 is 24.8 Å². The van der Waals surface area contributed by atoms with Crippen LogP contribution in [-0.2, 0) is 32.4 Å². The Morgan fingerprint density at radius 1 is 1.33 bits per heavy atom. The molecule has 0 fully saturated rings. The summed E-state index contributed by atoms with van der Waals surface area (Å²) >= 11 is 8.47. The van der Waals surface area contributed by atoms with Crippen molar-refractivity contribution >= 4 is 29.2 Å². The largest absolute Gasteiger partial charge is 0.474 e. The first kappa shape index (κ1) is 12.1. The van der Waals surface area contributed by atoms with Crippen molar-refractivity contribution in [3.05, 3.63) is 35.9 Å². The Morgan fingerprint density at radius 2 is 1.92 bits per heavy atom. The van der Waals surface area contributed by atoms with Gasteiger partial charge in [-0.05, 0) is 17.8 Å². The van der Waals surface area contributed by atoms with Gasteiger partial charge in [0.15, 0.2) is 0 Å². The minimum absolute atomic E-state index is 0. The number of hydrogen-bond donors (Lipinski definition) is 1. The fourth-order valence-corrected chi connectivity index (χ4v) is 0.843. The van der Waals surface area contributed by atoms with Crippen LogP contribution in [0.2, 0.25) is 0 Å². The first-order valence-corrected chi connectivity index (χ1v) is 4.04. The van der Waals surface area contributed by atoms with E-state index in [0.717, 1.165) is 5.56 Å². The number of thiocarbonyl (C=S) groups is 1. The van der Waals surface area contributed by atoms with E-state index >= 15 is 0 Å². The normalized spacial score (nSPS) is 8.42. The predicted octanol–water partition coefficient (Wildman–Crippen LogP) is 2.42. The molecule has 0 aliphatic carbocycles. The van der Waals surface area contributed by atoms with E-state index in [1.165, 1.54) is 0 Å². The molecule has 0 aromatic heterocycles. The second-order valence-corrected chi connectivity index (χ2v) is 3.12. The quantitative estimate of drug-likeness (QED) is 0.624. The van der Waals surface area contributed by atoms with Gasteiger partial charge in [-0.15, -0.1) is 0 Å². The maximum Gasteiger partial charge on any atom is 0.217 e. The van der Waals surface area contributed by atoms with E-state index in [2.05, 4.69) is 24.8 Å². The maximum absolute atomic E-state index is 5.02. The van der Waals surface area contributed by atoms with Gasteiger partial charge < -0.3 is 4.74 Å². The summed E-state index contributed by atoms with van der Waals surface area (Å²) in [5.74, 6) is 0. The van der Waals surface area contributed by atoms with Crippen molar-refractivity contribution in [1.82, 2.24) is 0 Å². The van der Waals surface area contributed by atoms with E-state index in [0.29, 0.717) is 6.61 Å². The Bertz CT molecular complexity index is 238. The molecule has 0 atom stereocenters. The molecule has 0 saturated heterocycles. The second-order valence-electron chi connectivity index (χ2n) is 2.04. The van der Waals surface area contributed by atoms with Crippen LogP contribution < -0.4 is 0 Å². The molecule has 0 heterocycles. The van der Waals surface area contributed by atoms with Crippen LogP contribution in [0.4, 0.5) is 0 Å². The van der Waals surface area contributed by atoms with Gasteiger partial charge >= 0.3 is 0 Å². The van der Waals surface area contributed by atoms with Gasteiger partial charge in [-0.3, -0.25) is 0 Å². The maximum atomic E-state index is 5.02. The van der Waals surface area contributed by atoms with Gasteiger partial charge in [0.05, 0.1) is 0 Å². The monoisotopic (exact) mass is 379 g/mol. The molecule has 0 aliphatic heterocycles. The van der Waals surface area contributed by atoms with Crippen molar-refractivity contribution in [2.75, 3.05) is 0 Å². The molecule has 0 amide bonds. The molecular formula is C8H8OPtS2. The molecule has 0 radical (unpaired) electrons. The first-order valence-electron chi connectivity index (χ1n) is 3.18. The van der Waals surface area contributed by atoms with E-state index in [1.54, 1.807) is 0 Å². The van der Waals surface area contributed by atoms with Gasteiger partial charge in [-0.2, -0.15) is 0 Å². The summed E-state index contributed by atoms with van der Waals surface area (Å²) in [5.41, 5.74) is 1.10. The van der Waals surface area contributed by atoms with E-state index < -0.39 is 0 Å². The molecule has 1 aromatic rings. The molecule has 4 heteroatoms. The van der Waals surface area contributed by atoms with Crippen molar-refractivity contribution < 1.29 is 25.8 Å². The molecule has 0 aliphatic rings. The molecular weight excluding hydrogens is 371 g/mol. The number of thiol groups is 1. The van der Waals surface area contributed by atoms with E-state index in [-0.39, 0.29) is 25.4 Å². The molecule has 0 saturated carbocycles. The van der Waals surface area contributed by atoms with E-state index in [1.807, 2.05) is 30.3 Å². The third-order valence-corrected chi connectivity index (χ3v) is 1.45. The summed E-state index contributed by atoms with van der Waals surface area (Å²) in [6, 6.07) is 9.83. The standard InChI is InChI=1S/C8H8OS2.Pt/c10-8(11)9-6-7-4-2-1-3-5-7;/h1-5H,6H2,(H,10,11);. The van der Waals surface area contributed by atoms with Crippen LogP contribution in [0.1, 0.15) is 5.56 Å². The van der Waals surface area contributed by atoms with Crippen molar-refractivity contribution in [3.8, 4) is 0 Å². The Balaban J connectivity index is 0.00000121. The van der Waals surface area contributed by atoms with Gasteiger partial charge in [0.2, 0.25) is 4.38 Å². The molecule has 12 heavy (non-hydrogen) atoms. The van der Waals surface area contributed by atoms with E-state index in [4.69, 9.17) is 4.74 Å². The molecule has 0 unspecified atom stereocenters. The molecule has 68 valence electrons. The Hall–Kier alpha value is 0.148. The zero-order chi connectivity index (χ0) is 8.10. The summed E-state index contributed by atoms with van der Waals surface area (Å²) in [6.45, 7) is 0.503. The minimum atomic E-state index is 0. The summed E-state index contributed by atoms with van der Waals surface area (Å²) in [5, 5.41) is 0. The summed E-state index contributed by atoms with van der Waals surface area (Å²) in [4.78, 5) is 0. The average Bonchev–Trinajstić information content (AvgIpc) is 2.03. The molecule has 1 rings (SSSR count). The first-order chi connectivity index (χ1) is 5.29. The number of rotatable bonds is 2. The third kappa shape index (κ3) is 4.91. The molecule has 1 nitrogen and oxygen atoms in total. The third-order valence-electron chi connectivity index (χ3n) is 1.21. The van der Waals surface area contributed by atoms with Crippen molar-refractivity contribution in [3.63, 3.8) is 0 Å². The smallest absolute Gasteiger partial charge is 0.217 e. The van der Waals surface area contributed by atoms with Crippen molar-refractivity contribution in [1.29, 1.82) is 0 Å². The van der Waals surface area contributed by atoms with Crippen LogP contribution in [0.15, 0.2) is 30.3 Å². The Kier molecular flexibility index (Phi) is 6.72. The zero-order valence-electron chi connectivity index (χ0n) is 6.17. The van der Waals surface area contributed by atoms with Crippen LogP contribution in [0.3, 0.4) is 0 Å². The SMILES string of the molecule is S=C(S)OCc1ccccc1.[Pt]. The van der Waals surface area contributed by atoms with Crippen molar-refractivity contribution in [2.24, 2.45) is 0 Å². The summed E-state index contributed by atoms with van der Waals surface area (Å²) in [7, 11) is 0. The molecule has 1 aromatic carbocycles. The van der Waals surface area contributed by atoms with Crippen LogP contribution in [-0.4, -0.2) is 4.38 Å². The number of hydrogen-bond acceptors (Lipinski definition) is 2. The molecule has 0 bridgehead atoms. The fourth-order valence-electron chi connectivity index (χ4n) is 0.719. The van der Waals surface area contributed by atoms with Crippen LogP contribution in [0.5, 0.6) is 0 Å². The topological polar surface area (TPSA) is 9.23 Å². The van der Waals surface area contributed by atoms with Crippen molar-refractivity contribution in [2.45, 2.75) is 6.61 Å². The Morgan fingerprint density at radius 3 is 2.42 bits per heavy atom. The van der Waals surface area contributed by atoms with Crippen LogP contribution in [0.25, 0.3) is 0 Å². The van der Waals surface area contributed by atoms with Gasteiger partial charge in [0.25, 0.3) is 0 Å². The Labute approximate surface area is 97.2 Å². The summed E-state index contributed by atoms with van der Waals surface area (Å²) < 4.78 is 5.31.